The van der Waals surface area contributed by atoms with Gasteiger partial charge in [-0.2, -0.15) is 0 Å². The summed E-state index contributed by atoms with van der Waals surface area (Å²) in [6, 6.07) is 7.99. The van der Waals surface area contributed by atoms with Crippen LogP contribution in [0.5, 0.6) is 0 Å². The maximum atomic E-state index is 12.4. The molecule has 0 heterocycles. The van der Waals surface area contributed by atoms with Crippen LogP contribution in [0.2, 0.25) is 0 Å². The third-order valence-corrected chi connectivity index (χ3v) is 5.26. The predicted octanol–water partition coefficient (Wildman–Crippen LogP) is 3.43. The smallest absolute Gasteiger partial charge is 0.134 e. The van der Waals surface area contributed by atoms with E-state index in [1.165, 1.54) is 5.56 Å². The minimum Gasteiger partial charge on any atom is -0.300 e. The van der Waals surface area contributed by atoms with Gasteiger partial charge in [0, 0.05) is 23.0 Å². The normalized spacial score (nSPS) is 22.2. The van der Waals surface area contributed by atoms with Crippen LogP contribution in [0.15, 0.2) is 29.2 Å². The Morgan fingerprint density at radius 1 is 1.22 bits per heavy atom. The topological polar surface area (TPSA) is 34.1 Å². The fraction of sp³-hybridized carbons (Fsp3) is 0.533. The Kier molecular flexibility index (Phi) is 4.33. The summed E-state index contributed by atoms with van der Waals surface area (Å²) in [5, 5.41) is 0.0242. The molecule has 2 atom stereocenters. The second kappa shape index (κ2) is 5.79. The Morgan fingerprint density at radius 2 is 1.89 bits per heavy atom. The molecule has 1 fully saturated rings. The van der Waals surface area contributed by atoms with Gasteiger partial charge in [0.05, 0.1) is 10.8 Å². The molecule has 0 amide bonds. The molecule has 0 saturated heterocycles. The fourth-order valence-electron chi connectivity index (χ4n) is 2.35. The Bertz CT molecular complexity index is 448. The van der Waals surface area contributed by atoms with E-state index in [4.69, 9.17) is 0 Å². The van der Waals surface area contributed by atoms with E-state index in [-0.39, 0.29) is 11.0 Å². The molecule has 0 N–H and O–H groups in total. The second-order valence-corrected chi connectivity index (χ2v) is 7.01. The summed E-state index contributed by atoms with van der Waals surface area (Å²) >= 11 is 0. The van der Waals surface area contributed by atoms with Gasteiger partial charge in [-0.15, -0.1) is 0 Å². The van der Waals surface area contributed by atoms with Crippen LogP contribution in [0.4, 0.5) is 0 Å². The van der Waals surface area contributed by atoms with E-state index < -0.39 is 10.8 Å². The number of rotatable bonds is 3. The highest BCUT2D eigenvalue weighted by atomic mass is 32.2. The third kappa shape index (κ3) is 3.08. The van der Waals surface area contributed by atoms with Crippen LogP contribution in [0.3, 0.4) is 0 Å². The van der Waals surface area contributed by atoms with E-state index in [2.05, 4.69) is 13.8 Å². The van der Waals surface area contributed by atoms with Gasteiger partial charge in [-0.05, 0) is 36.5 Å². The molecule has 18 heavy (non-hydrogen) atoms. The van der Waals surface area contributed by atoms with Crippen molar-refractivity contribution in [2.24, 2.45) is 0 Å². The van der Waals surface area contributed by atoms with E-state index in [0.717, 1.165) is 17.7 Å². The molecule has 2 rings (SSSR count). The number of ketones is 1. The van der Waals surface area contributed by atoms with Crippen LogP contribution in [0.1, 0.15) is 51.0 Å². The first-order valence-corrected chi connectivity index (χ1v) is 7.81. The van der Waals surface area contributed by atoms with Gasteiger partial charge in [0.1, 0.15) is 5.78 Å². The zero-order valence-corrected chi connectivity index (χ0v) is 11.8. The quantitative estimate of drug-likeness (QED) is 0.838. The first-order chi connectivity index (χ1) is 8.58. The summed E-state index contributed by atoms with van der Waals surface area (Å²) in [5.74, 6) is 0.752. The lowest BCUT2D eigenvalue weighted by molar-refractivity contribution is -0.120. The van der Waals surface area contributed by atoms with Crippen molar-refractivity contribution in [3.63, 3.8) is 0 Å². The van der Waals surface area contributed by atoms with Gasteiger partial charge in [0.2, 0.25) is 0 Å². The number of carbonyl (C=O) groups is 1. The van der Waals surface area contributed by atoms with Crippen molar-refractivity contribution >= 4 is 16.6 Å². The molecular formula is C15H20O2S. The summed E-state index contributed by atoms with van der Waals surface area (Å²) in [6.45, 7) is 4.29. The van der Waals surface area contributed by atoms with Crippen LogP contribution in [0, 0.1) is 0 Å². The lowest BCUT2D eigenvalue weighted by atomic mass is 9.99. The highest BCUT2D eigenvalue weighted by molar-refractivity contribution is 7.85. The van der Waals surface area contributed by atoms with Crippen molar-refractivity contribution in [1.29, 1.82) is 0 Å². The molecule has 1 aromatic rings. The van der Waals surface area contributed by atoms with Crippen molar-refractivity contribution in [2.45, 2.75) is 55.6 Å². The van der Waals surface area contributed by atoms with Crippen molar-refractivity contribution < 1.29 is 9.00 Å². The molecule has 0 radical (unpaired) electrons. The second-order valence-electron chi connectivity index (χ2n) is 5.28. The van der Waals surface area contributed by atoms with Crippen molar-refractivity contribution in [2.75, 3.05) is 0 Å². The van der Waals surface area contributed by atoms with Crippen LogP contribution >= 0.6 is 0 Å². The minimum atomic E-state index is -1.03. The number of hydrogen-bond acceptors (Lipinski definition) is 2. The molecule has 2 unspecified atom stereocenters. The molecule has 0 spiro atoms. The van der Waals surface area contributed by atoms with E-state index >= 15 is 0 Å². The molecule has 0 aromatic heterocycles. The predicted molar refractivity (Wildman–Crippen MR) is 74.2 cm³/mol. The average molecular weight is 264 g/mol. The van der Waals surface area contributed by atoms with Gasteiger partial charge in [-0.1, -0.05) is 26.0 Å². The van der Waals surface area contributed by atoms with E-state index in [9.17, 15) is 9.00 Å². The van der Waals surface area contributed by atoms with Crippen LogP contribution in [-0.4, -0.2) is 15.2 Å². The fourth-order valence-corrected chi connectivity index (χ4v) is 3.85. The Morgan fingerprint density at radius 3 is 2.44 bits per heavy atom. The number of Topliss-reactive ketones (excluding diaryl/α,β-unsaturated/α-hetero) is 1. The van der Waals surface area contributed by atoms with Gasteiger partial charge in [-0.3, -0.25) is 9.00 Å². The summed E-state index contributed by atoms with van der Waals surface area (Å²) in [7, 11) is -1.03. The van der Waals surface area contributed by atoms with Crippen LogP contribution in [-0.2, 0) is 15.6 Å². The average Bonchev–Trinajstić information content (AvgIpc) is 2.38. The molecule has 1 aromatic carbocycles. The summed E-state index contributed by atoms with van der Waals surface area (Å²) in [5.41, 5.74) is 1.26. The molecule has 1 aliphatic rings. The molecule has 1 saturated carbocycles. The number of carbonyl (C=O) groups excluding carboxylic acids is 1. The monoisotopic (exact) mass is 264 g/mol. The summed E-state index contributed by atoms with van der Waals surface area (Å²) in [6.07, 6.45) is 2.95. The highest BCUT2D eigenvalue weighted by Crippen LogP contribution is 2.25. The molecule has 3 heteroatoms. The Balaban J connectivity index is 2.10. The van der Waals surface area contributed by atoms with E-state index in [0.29, 0.717) is 18.8 Å². The standard InChI is InChI=1S/C15H20O2S/c1-11(2)12-6-8-14(9-7-12)18(17)15-5-3-4-13(16)10-15/h6-9,11,15H,3-5,10H2,1-2H3. The van der Waals surface area contributed by atoms with Crippen molar-refractivity contribution in [3.8, 4) is 0 Å². The SMILES string of the molecule is CC(C)c1ccc(S(=O)C2CCCC(=O)C2)cc1. The Labute approximate surface area is 111 Å². The van der Waals surface area contributed by atoms with Crippen LogP contribution < -0.4 is 0 Å². The zero-order chi connectivity index (χ0) is 13.1. The van der Waals surface area contributed by atoms with Gasteiger partial charge in [0.25, 0.3) is 0 Å². The molecular weight excluding hydrogens is 244 g/mol. The Hall–Kier alpha value is -0.960. The van der Waals surface area contributed by atoms with Gasteiger partial charge in [-0.25, -0.2) is 0 Å². The van der Waals surface area contributed by atoms with Gasteiger partial charge in [0.15, 0.2) is 0 Å². The first-order valence-electron chi connectivity index (χ1n) is 6.60. The molecule has 2 nitrogen and oxygen atoms in total. The third-order valence-electron chi connectivity index (χ3n) is 3.52. The van der Waals surface area contributed by atoms with E-state index in [1.54, 1.807) is 0 Å². The lowest BCUT2D eigenvalue weighted by Crippen LogP contribution is -2.24. The van der Waals surface area contributed by atoms with Crippen LogP contribution in [0.25, 0.3) is 0 Å². The number of hydrogen-bond donors (Lipinski definition) is 0. The summed E-state index contributed by atoms with van der Waals surface area (Å²) in [4.78, 5) is 12.3. The van der Waals surface area contributed by atoms with Crippen molar-refractivity contribution in [1.82, 2.24) is 0 Å². The molecule has 98 valence electrons. The first kappa shape index (κ1) is 13.5. The van der Waals surface area contributed by atoms with Crippen molar-refractivity contribution in [3.05, 3.63) is 29.8 Å². The number of benzene rings is 1. The molecule has 0 bridgehead atoms. The van der Waals surface area contributed by atoms with E-state index in [1.807, 2.05) is 24.3 Å². The molecule has 0 aliphatic heterocycles. The molecule has 1 aliphatic carbocycles. The van der Waals surface area contributed by atoms with Gasteiger partial charge >= 0.3 is 0 Å². The maximum Gasteiger partial charge on any atom is 0.134 e. The highest BCUT2D eigenvalue weighted by Gasteiger charge is 2.25. The lowest BCUT2D eigenvalue weighted by Gasteiger charge is -2.20. The largest absolute Gasteiger partial charge is 0.300 e. The minimum absolute atomic E-state index is 0.0242. The van der Waals surface area contributed by atoms with Gasteiger partial charge < -0.3 is 0 Å². The zero-order valence-electron chi connectivity index (χ0n) is 11.0. The summed E-state index contributed by atoms with van der Waals surface area (Å²) < 4.78 is 12.4. The maximum absolute atomic E-state index is 12.4.